The first-order valence-corrected chi connectivity index (χ1v) is 8.81. The van der Waals surface area contributed by atoms with E-state index in [1.165, 1.54) is 17.0 Å². The van der Waals surface area contributed by atoms with Crippen LogP contribution >= 0.6 is 0 Å². The van der Waals surface area contributed by atoms with Gasteiger partial charge in [-0.05, 0) is 24.3 Å². The summed E-state index contributed by atoms with van der Waals surface area (Å²) in [5.41, 5.74) is 0. The van der Waals surface area contributed by atoms with Crippen LogP contribution in [0, 0.1) is 5.82 Å². The van der Waals surface area contributed by atoms with Gasteiger partial charge in [0.15, 0.2) is 9.84 Å². The summed E-state index contributed by atoms with van der Waals surface area (Å²) in [6.07, 6.45) is 0.224. The molecule has 1 aliphatic heterocycles. The molecule has 7 nitrogen and oxygen atoms in total. The molecule has 1 fully saturated rings. The quantitative estimate of drug-likeness (QED) is 0.760. The molecule has 23 heavy (non-hydrogen) atoms. The van der Waals surface area contributed by atoms with Crippen LogP contribution in [0.5, 0.6) is 0 Å². The second kappa shape index (κ2) is 7.40. The van der Waals surface area contributed by atoms with Gasteiger partial charge in [-0.15, -0.1) is 0 Å². The number of nitrogens with one attached hydrogen (secondary N) is 2. The predicted molar refractivity (Wildman–Crippen MR) is 81.1 cm³/mol. The van der Waals surface area contributed by atoms with E-state index in [4.69, 9.17) is 0 Å². The van der Waals surface area contributed by atoms with Gasteiger partial charge in [0.2, 0.25) is 5.91 Å². The van der Waals surface area contributed by atoms with Crippen LogP contribution in [0.25, 0.3) is 0 Å². The third-order valence-corrected chi connectivity index (χ3v) is 5.15. The van der Waals surface area contributed by atoms with E-state index in [9.17, 15) is 22.4 Å². The summed E-state index contributed by atoms with van der Waals surface area (Å²) in [5.74, 6) is -0.907. The molecule has 1 aromatic carbocycles. The van der Waals surface area contributed by atoms with Crippen molar-refractivity contribution >= 4 is 21.8 Å². The van der Waals surface area contributed by atoms with Crippen molar-refractivity contribution in [3.63, 3.8) is 0 Å². The number of amides is 3. The zero-order valence-electron chi connectivity index (χ0n) is 12.4. The zero-order chi connectivity index (χ0) is 16.9. The van der Waals surface area contributed by atoms with Crippen LogP contribution in [-0.4, -0.2) is 57.2 Å². The molecule has 1 heterocycles. The van der Waals surface area contributed by atoms with Crippen molar-refractivity contribution in [2.45, 2.75) is 11.3 Å². The largest absolute Gasteiger partial charge is 0.354 e. The average Bonchev–Trinajstić information content (AvgIpc) is 2.72. The number of hydrogen-bond donors (Lipinski definition) is 2. The van der Waals surface area contributed by atoms with Crippen LogP contribution in [0.15, 0.2) is 29.2 Å². The Bertz CT molecular complexity index is 676. The minimum atomic E-state index is -3.59. The number of urea groups is 1. The summed E-state index contributed by atoms with van der Waals surface area (Å²) >= 11 is 0. The first kappa shape index (κ1) is 17.2. The van der Waals surface area contributed by atoms with Gasteiger partial charge >= 0.3 is 6.03 Å². The first-order chi connectivity index (χ1) is 10.9. The average molecular weight is 343 g/mol. The number of halogens is 1. The Balaban J connectivity index is 1.85. The maximum atomic E-state index is 12.8. The van der Waals surface area contributed by atoms with Gasteiger partial charge in [-0.1, -0.05) is 0 Å². The maximum absolute atomic E-state index is 12.8. The molecule has 2 N–H and O–H groups in total. The molecule has 0 spiro atoms. The molecule has 0 unspecified atom stereocenters. The molecular formula is C14H18FN3O4S. The second-order valence-corrected chi connectivity index (χ2v) is 7.20. The lowest BCUT2D eigenvalue weighted by Crippen LogP contribution is -2.43. The Morgan fingerprint density at radius 3 is 2.65 bits per heavy atom. The lowest BCUT2D eigenvalue weighted by Gasteiger charge is -2.20. The molecule has 1 saturated heterocycles. The van der Waals surface area contributed by atoms with E-state index in [-0.39, 0.29) is 29.5 Å². The number of sulfone groups is 1. The highest BCUT2D eigenvalue weighted by Crippen LogP contribution is 2.11. The second-order valence-electron chi connectivity index (χ2n) is 5.09. The Morgan fingerprint density at radius 2 is 1.96 bits per heavy atom. The Kier molecular flexibility index (Phi) is 5.54. The van der Waals surface area contributed by atoms with Crippen LogP contribution in [0.3, 0.4) is 0 Å². The van der Waals surface area contributed by atoms with Gasteiger partial charge in [0.1, 0.15) is 5.82 Å². The lowest BCUT2D eigenvalue weighted by atomic mass is 10.4. The van der Waals surface area contributed by atoms with Gasteiger partial charge in [-0.2, -0.15) is 0 Å². The van der Waals surface area contributed by atoms with Crippen molar-refractivity contribution in [2.24, 2.45) is 0 Å². The molecule has 9 heteroatoms. The Hall–Kier alpha value is -2.16. The first-order valence-electron chi connectivity index (χ1n) is 7.16. The maximum Gasteiger partial charge on any atom is 0.317 e. The summed E-state index contributed by atoms with van der Waals surface area (Å²) in [6.45, 7) is 0.987. The number of nitrogens with zero attached hydrogens (tertiary/aromatic N) is 1. The molecule has 1 aromatic rings. The molecule has 0 aromatic heterocycles. The molecular weight excluding hydrogens is 325 g/mol. The van der Waals surface area contributed by atoms with E-state index in [0.717, 1.165) is 12.1 Å². The monoisotopic (exact) mass is 343 g/mol. The molecule has 1 aliphatic rings. The lowest BCUT2D eigenvalue weighted by molar-refractivity contribution is -0.120. The highest BCUT2D eigenvalue weighted by Gasteiger charge is 2.19. The highest BCUT2D eigenvalue weighted by molar-refractivity contribution is 7.91. The molecule has 0 atom stereocenters. The summed E-state index contributed by atoms with van der Waals surface area (Å²) in [4.78, 5) is 24.6. The minimum absolute atomic E-state index is 0.0118. The van der Waals surface area contributed by atoms with Gasteiger partial charge in [0.25, 0.3) is 0 Å². The van der Waals surface area contributed by atoms with Crippen molar-refractivity contribution in [3.05, 3.63) is 30.1 Å². The number of hydrogen-bond acceptors (Lipinski definition) is 4. The van der Waals surface area contributed by atoms with Gasteiger partial charge in [0.05, 0.1) is 10.6 Å². The van der Waals surface area contributed by atoms with Crippen LogP contribution < -0.4 is 10.6 Å². The normalized spacial score (nSPS) is 15.7. The third kappa shape index (κ3) is 4.92. The van der Waals surface area contributed by atoms with E-state index in [0.29, 0.717) is 19.6 Å². The van der Waals surface area contributed by atoms with Gasteiger partial charge in [-0.3, -0.25) is 4.79 Å². The molecule has 0 aliphatic carbocycles. The Labute approximate surface area is 133 Å². The van der Waals surface area contributed by atoms with E-state index in [1.807, 2.05) is 0 Å². The summed E-state index contributed by atoms with van der Waals surface area (Å²) < 4.78 is 36.9. The summed E-state index contributed by atoms with van der Waals surface area (Å²) in [7, 11) is -3.59. The van der Waals surface area contributed by atoms with Crippen LogP contribution in [0.4, 0.5) is 9.18 Å². The summed E-state index contributed by atoms with van der Waals surface area (Å²) in [5, 5.41) is 5.18. The Morgan fingerprint density at radius 1 is 1.26 bits per heavy atom. The fourth-order valence-electron chi connectivity index (χ4n) is 2.13. The van der Waals surface area contributed by atoms with Crippen molar-refractivity contribution in [2.75, 3.05) is 31.9 Å². The van der Waals surface area contributed by atoms with Crippen LogP contribution in [0.2, 0.25) is 0 Å². The molecule has 0 radical (unpaired) electrons. The van der Waals surface area contributed by atoms with E-state index in [2.05, 4.69) is 10.6 Å². The van der Waals surface area contributed by atoms with Crippen molar-refractivity contribution in [1.29, 1.82) is 0 Å². The number of rotatable bonds is 4. The molecule has 2 rings (SSSR count). The van der Waals surface area contributed by atoms with Crippen LogP contribution in [-0.2, 0) is 14.6 Å². The number of carbonyl (C=O) groups is 2. The topological polar surface area (TPSA) is 95.6 Å². The van der Waals surface area contributed by atoms with Gasteiger partial charge in [-0.25, -0.2) is 17.6 Å². The van der Waals surface area contributed by atoms with Gasteiger partial charge < -0.3 is 15.5 Å². The zero-order valence-corrected chi connectivity index (χ0v) is 13.2. The van der Waals surface area contributed by atoms with Crippen molar-refractivity contribution in [1.82, 2.24) is 15.5 Å². The predicted octanol–water partition coefficient (Wildman–Crippen LogP) is 0.131. The fraction of sp³-hybridized carbons (Fsp3) is 0.429. The smallest absolute Gasteiger partial charge is 0.317 e. The molecule has 0 saturated carbocycles. The highest BCUT2D eigenvalue weighted by atomic mass is 32.2. The van der Waals surface area contributed by atoms with Crippen molar-refractivity contribution in [3.8, 4) is 0 Å². The number of carbonyl (C=O) groups excluding carboxylic acids is 2. The van der Waals surface area contributed by atoms with E-state index in [1.54, 1.807) is 0 Å². The summed E-state index contributed by atoms with van der Waals surface area (Å²) in [6, 6.07) is 4.13. The standard InChI is InChI=1S/C14H18FN3O4S/c15-11-1-3-12(4-2-11)23(21,22)10-7-17-14(20)18-8-5-13(19)16-6-9-18/h1-4H,5-10H2,(H,16,19)(H,17,20). The fourth-order valence-corrected chi connectivity index (χ4v) is 3.29. The third-order valence-electron chi connectivity index (χ3n) is 3.42. The minimum Gasteiger partial charge on any atom is -0.354 e. The molecule has 0 bridgehead atoms. The van der Waals surface area contributed by atoms with Crippen LogP contribution in [0.1, 0.15) is 6.42 Å². The van der Waals surface area contributed by atoms with Crippen molar-refractivity contribution < 1.29 is 22.4 Å². The molecule has 126 valence electrons. The van der Waals surface area contributed by atoms with E-state index >= 15 is 0 Å². The molecule has 3 amide bonds. The number of benzene rings is 1. The SMILES string of the molecule is O=C1CCN(C(=O)NCCS(=O)(=O)c2ccc(F)cc2)CCN1. The van der Waals surface area contributed by atoms with E-state index < -0.39 is 21.7 Å². The van der Waals surface area contributed by atoms with Gasteiger partial charge in [0, 0.05) is 32.6 Å².